The molecule has 20 heavy (non-hydrogen) atoms. The third kappa shape index (κ3) is 3.18. The Morgan fingerprint density at radius 3 is 2.55 bits per heavy atom. The average molecular weight is 268 g/mol. The van der Waals surface area contributed by atoms with Gasteiger partial charge in [-0.15, -0.1) is 0 Å². The van der Waals surface area contributed by atoms with Gasteiger partial charge in [-0.1, -0.05) is 29.8 Å². The van der Waals surface area contributed by atoms with Gasteiger partial charge in [-0.05, 0) is 50.1 Å². The number of aryl methyl sites for hydroxylation is 2. The molecule has 0 aliphatic rings. The van der Waals surface area contributed by atoms with E-state index in [0.717, 1.165) is 11.1 Å². The summed E-state index contributed by atoms with van der Waals surface area (Å²) in [7, 11) is 0. The number of hydrogen-bond acceptors (Lipinski definition) is 2. The topological polar surface area (TPSA) is 55.1 Å². The quantitative estimate of drug-likeness (QED) is 0.838. The Bertz CT molecular complexity index is 635. The van der Waals surface area contributed by atoms with E-state index in [-0.39, 0.29) is 11.9 Å². The van der Waals surface area contributed by atoms with Gasteiger partial charge in [0.25, 0.3) is 5.91 Å². The first kappa shape index (κ1) is 14.1. The molecule has 3 heteroatoms. The van der Waals surface area contributed by atoms with Crippen LogP contribution < -0.4 is 11.1 Å². The second-order valence-electron chi connectivity index (χ2n) is 5.18. The van der Waals surface area contributed by atoms with E-state index in [1.54, 1.807) is 12.1 Å². The van der Waals surface area contributed by atoms with Crippen LogP contribution in [0.5, 0.6) is 0 Å². The van der Waals surface area contributed by atoms with Crippen LogP contribution in [0.25, 0.3) is 0 Å². The van der Waals surface area contributed by atoms with Crippen LogP contribution in [-0.2, 0) is 0 Å². The highest BCUT2D eigenvalue weighted by Crippen LogP contribution is 2.16. The number of rotatable bonds is 3. The zero-order valence-corrected chi connectivity index (χ0v) is 12.1. The monoisotopic (exact) mass is 268 g/mol. The number of benzene rings is 2. The molecule has 0 unspecified atom stereocenters. The van der Waals surface area contributed by atoms with E-state index in [0.29, 0.717) is 11.3 Å². The average Bonchev–Trinajstić information content (AvgIpc) is 2.41. The van der Waals surface area contributed by atoms with E-state index >= 15 is 0 Å². The smallest absolute Gasteiger partial charge is 0.251 e. The van der Waals surface area contributed by atoms with Gasteiger partial charge < -0.3 is 11.1 Å². The molecule has 0 bridgehead atoms. The Balaban J connectivity index is 2.13. The van der Waals surface area contributed by atoms with Gasteiger partial charge in [-0.25, -0.2) is 0 Å². The molecule has 0 radical (unpaired) electrons. The van der Waals surface area contributed by atoms with Crippen LogP contribution in [0.1, 0.15) is 40.0 Å². The first-order valence-electron chi connectivity index (χ1n) is 6.71. The Kier molecular flexibility index (Phi) is 4.08. The van der Waals surface area contributed by atoms with Gasteiger partial charge in [0, 0.05) is 11.3 Å². The molecule has 104 valence electrons. The lowest BCUT2D eigenvalue weighted by Gasteiger charge is -2.15. The van der Waals surface area contributed by atoms with E-state index in [4.69, 9.17) is 5.73 Å². The van der Waals surface area contributed by atoms with Crippen LogP contribution in [0.4, 0.5) is 5.69 Å². The van der Waals surface area contributed by atoms with Crippen molar-refractivity contribution in [2.75, 3.05) is 5.73 Å². The number of nitrogens with one attached hydrogen (secondary N) is 1. The van der Waals surface area contributed by atoms with Crippen LogP contribution in [0, 0.1) is 13.8 Å². The maximum Gasteiger partial charge on any atom is 0.251 e. The van der Waals surface area contributed by atoms with Gasteiger partial charge in [0.2, 0.25) is 0 Å². The van der Waals surface area contributed by atoms with E-state index in [9.17, 15) is 4.79 Å². The molecule has 0 aliphatic heterocycles. The van der Waals surface area contributed by atoms with Gasteiger partial charge >= 0.3 is 0 Å². The molecule has 0 saturated heterocycles. The molecule has 0 aromatic heterocycles. The van der Waals surface area contributed by atoms with Gasteiger partial charge in [-0.3, -0.25) is 4.79 Å². The van der Waals surface area contributed by atoms with Crippen molar-refractivity contribution in [3.05, 3.63) is 64.7 Å². The standard InChI is InChI=1S/C17H20N2O/c1-11-5-4-6-14(9-11)13(3)19-17(20)15-7-8-16(18)12(2)10-15/h4-10,13H,18H2,1-3H3,(H,19,20)/t13-/m0/s1. The highest BCUT2D eigenvalue weighted by molar-refractivity contribution is 5.95. The van der Waals surface area contributed by atoms with E-state index in [1.165, 1.54) is 5.56 Å². The van der Waals surface area contributed by atoms with Crippen molar-refractivity contribution in [1.82, 2.24) is 5.32 Å². The van der Waals surface area contributed by atoms with Gasteiger partial charge in [0.1, 0.15) is 0 Å². The lowest BCUT2D eigenvalue weighted by Crippen LogP contribution is -2.26. The first-order valence-corrected chi connectivity index (χ1v) is 6.71. The molecule has 3 N–H and O–H groups in total. The molecular formula is C17H20N2O. The minimum Gasteiger partial charge on any atom is -0.399 e. The molecular weight excluding hydrogens is 248 g/mol. The molecule has 2 aromatic carbocycles. The zero-order chi connectivity index (χ0) is 14.7. The summed E-state index contributed by atoms with van der Waals surface area (Å²) in [6.45, 7) is 5.92. The number of carbonyl (C=O) groups excluding carboxylic acids is 1. The number of hydrogen-bond donors (Lipinski definition) is 2. The highest BCUT2D eigenvalue weighted by Gasteiger charge is 2.12. The Morgan fingerprint density at radius 2 is 1.90 bits per heavy atom. The molecule has 0 aliphatic carbocycles. The predicted octanol–water partition coefficient (Wildman–Crippen LogP) is 3.38. The van der Waals surface area contributed by atoms with Crippen molar-refractivity contribution < 1.29 is 4.79 Å². The SMILES string of the molecule is Cc1cccc([C@H](C)NC(=O)c2ccc(N)c(C)c2)c1. The van der Waals surface area contributed by atoms with Crippen molar-refractivity contribution in [2.45, 2.75) is 26.8 Å². The van der Waals surface area contributed by atoms with Gasteiger partial charge in [0.05, 0.1) is 6.04 Å². The van der Waals surface area contributed by atoms with Crippen molar-refractivity contribution in [3.63, 3.8) is 0 Å². The number of nitrogens with two attached hydrogens (primary N) is 1. The maximum atomic E-state index is 12.2. The minimum atomic E-state index is -0.0814. The Labute approximate surface area is 119 Å². The lowest BCUT2D eigenvalue weighted by atomic mass is 10.0. The highest BCUT2D eigenvalue weighted by atomic mass is 16.1. The van der Waals surface area contributed by atoms with Crippen LogP contribution in [0.3, 0.4) is 0 Å². The molecule has 1 atom stereocenters. The van der Waals surface area contributed by atoms with Crippen LogP contribution in [0.15, 0.2) is 42.5 Å². The fourth-order valence-corrected chi connectivity index (χ4v) is 2.12. The molecule has 0 spiro atoms. The van der Waals surface area contributed by atoms with Crippen molar-refractivity contribution in [2.24, 2.45) is 0 Å². The molecule has 0 fully saturated rings. The molecule has 0 heterocycles. The summed E-state index contributed by atoms with van der Waals surface area (Å²) in [6, 6.07) is 13.4. The molecule has 1 amide bonds. The summed E-state index contributed by atoms with van der Waals surface area (Å²) >= 11 is 0. The minimum absolute atomic E-state index is 0.0275. The fraction of sp³-hybridized carbons (Fsp3) is 0.235. The normalized spacial score (nSPS) is 11.9. The van der Waals surface area contributed by atoms with E-state index in [2.05, 4.69) is 11.4 Å². The second kappa shape index (κ2) is 5.78. The summed E-state index contributed by atoms with van der Waals surface area (Å²) in [5.41, 5.74) is 10.3. The third-order valence-corrected chi connectivity index (χ3v) is 3.42. The van der Waals surface area contributed by atoms with E-state index in [1.807, 2.05) is 45.0 Å². The molecule has 2 aromatic rings. The number of carbonyl (C=O) groups is 1. The fourth-order valence-electron chi connectivity index (χ4n) is 2.12. The second-order valence-corrected chi connectivity index (χ2v) is 5.18. The maximum absolute atomic E-state index is 12.2. The number of amides is 1. The summed E-state index contributed by atoms with van der Waals surface area (Å²) in [5, 5.41) is 3.01. The predicted molar refractivity (Wildman–Crippen MR) is 82.7 cm³/mol. The number of anilines is 1. The van der Waals surface area contributed by atoms with Crippen molar-refractivity contribution >= 4 is 11.6 Å². The molecule has 2 rings (SSSR count). The first-order chi connectivity index (χ1) is 9.47. The van der Waals surface area contributed by atoms with Crippen LogP contribution in [-0.4, -0.2) is 5.91 Å². The Morgan fingerprint density at radius 1 is 1.15 bits per heavy atom. The summed E-state index contributed by atoms with van der Waals surface area (Å²) < 4.78 is 0. The summed E-state index contributed by atoms with van der Waals surface area (Å²) in [4.78, 5) is 12.2. The van der Waals surface area contributed by atoms with Gasteiger partial charge in [0.15, 0.2) is 0 Å². The van der Waals surface area contributed by atoms with Gasteiger partial charge in [-0.2, -0.15) is 0 Å². The molecule has 3 nitrogen and oxygen atoms in total. The largest absolute Gasteiger partial charge is 0.399 e. The summed E-state index contributed by atoms with van der Waals surface area (Å²) in [5.74, 6) is -0.0814. The summed E-state index contributed by atoms with van der Waals surface area (Å²) in [6.07, 6.45) is 0. The zero-order valence-electron chi connectivity index (χ0n) is 12.1. The lowest BCUT2D eigenvalue weighted by molar-refractivity contribution is 0.0940. The number of nitrogen functional groups attached to an aromatic ring is 1. The van der Waals surface area contributed by atoms with E-state index < -0.39 is 0 Å². The Hall–Kier alpha value is -2.29. The van der Waals surface area contributed by atoms with Crippen LogP contribution in [0.2, 0.25) is 0 Å². The van der Waals surface area contributed by atoms with Crippen LogP contribution >= 0.6 is 0 Å². The van der Waals surface area contributed by atoms with Crippen molar-refractivity contribution in [3.8, 4) is 0 Å². The third-order valence-electron chi connectivity index (χ3n) is 3.42. The van der Waals surface area contributed by atoms with Crippen molar-refractivity contribution in [1.29, 1.82) is 0 Å². The molecule has 0 saturated carbocycles.